The van der Waals surface area contributed by atoms with Crippen LogP contribution in [0.5, 0.6) is 0 Å². The van der Waals surface area contributed by atoms with Crippen LogP contribution in [0.25, 0.3) is 6.08 Å². The molecule has 1 aromatic carbocycles. The minimum Gasteiger partial charge on any atom is -0.395 e. The topological polar surface area (TPSA) is 98.2 Å². The molecule has 3 fully saturated rings. The quantitative estimate of drug-likeness (QED) is 0.706. The lowest BCUT2D eigenvalue weighted by molar-refractivity contribution is -0.166. The Morgan fingerprint density at radius 3 is 2.48 bits per heavy atom. The molecule has 29 heavy (non-hydrogen) atoms. The third-order valence-corrected chi connectivity index (χ3v) is 6.31. The number of piperazine rings is 1. The van der Waals surface area contributed by atoms with Gasteiger partial charge in [-0.05, 0) is 12.5 Å². The molecule has 0 unspecified atom stereocenters. The number of amides is 4. The van der Waals surface area contributed by atoms with Crippen LogP contribution in [-0.2, 0) is 19.2 Å². The summed E-state index contributed by atoms with van der Waals surface area (Å²) in [6.07, 6.45) is 3.55. The highest BCUT2D eigenvalue weighted by Crippen LogP contribution is 2.51. The number of hydrogen-bond acceptors (Lipinski definition) is 5. The molecular formula is C21H23N3O5. The molecule has 3 aliphatic heterocycles. The Morgan fingerprint density at radius 1 is 1.14 bits per heavy atom. The summed E-state index contributed by atoms with van der Waals surface area (Å²) in [5, 5.41) is 9.27. The van der Waals surface area contributed by atoms with Crippen LogP contribution in [0.1, 0.15) is 12.5 Å². The van der Waals surface area contributed by atoms with Gasteiger partial charge in [0.2, 0.25) is 23.6 Å². The number of carbonyl (C=O) groups excluding carboxylic acids is 4. The summed E-state index contributed by atoms with van der Waals surface area (Å²) in [4.78, 5) is 55.9. The summed E-state index contributed by atoms with van der Waals surface area (Å²) in [5.74, 6) is -3.32. The molecule has 1 aromatic rings. The highest BCUT2D eigenvalue weighted by molar-refractivity contribution is 6.12. The summed E-state index contributed by atoms with van der Waals surface area (Å²) in [6.45, 7) is 1.11. The predicted octanol–water partition coefficient (Wildman–Crippen LogP) is -0.265. The summed E-state index contributed by atoms with van der Waals surface area (Å²) in [5.41, 5.74) is -0.571. The van der Waals surface area contributed by atoms with Gasteiger partial charge in [-0.25, -0.2) is 0 Å². The van der Waals surface area contributed by atoms with Gasteiger partial charge >= 0.3 is 0 Å². The third-order valence-electron chi connectivity index (χ3n) is 6.31. The smallest absolute Gasteiger partial charge is 0.249 e. The van der Waals surface area contributed by atoms with Crippen LogP contribution < -0.4 is 0 Å². The number of carbonyl (C=O) groups is 4. The molecule has 8 nitrogen and oxygen atoms in total. The fraction of sp³-hybridized carbons (Fsp3) is 0.429. The van der Waals surface area contributed by atoms with E-state index < -0.39 is 35.2 Å². The first-order chi connectivity index (χ1) is 13.8. The lowest BCUT2D eigenvalue weighted by Crippen LogP contribution is -2.68. The van der Waals surface area contributed by atoms with Crippen molar-refractivity contribution in [3.8, 4) is 0 Å². The van der Waals surface area contributed by atoms with Gasteiger partial charge in [0.1, 0.15) is 5.54 Å². The number of β-amino-alcohol motifs (C(OH)–C–C–N with tert-alkyl or cyclic N) is 1. The van der Waals surface area contributed by atoms with Crippen molar-refractivity contribution in [2.75, 3.05) is 26.7 Å². The zero-order valence-corrected chi connectivity index (χ0v) is 16.3. The maximum Gasteiger partial charge on any atom is 0.249 e. The average molecular weight is 397 g/mol. The third kappa shape index (κ3) is 2.62. The van der Waals surface area contributed by atoms with Crippen molar-refractivity contribution in [2.45, 2.75) is 18.5 Å². The lowest BCUT2D eigenvalue weighted by atomic mass is 9.79. The van der Waals surface area contributed by atoms with Gasteiger partial charge in [-0.3, -0.25) is 24.1 Å². The molecule has 0 aliphatic carbocycles. The molecular weight excluding hydrogens is 374 g/mol. The normalized spacial score (nSPS) is 31.8. The van der Waals surface area contributed by atoms with Crippen molar-refractivity contribution in [1.82, 2.24) is 14.7 Å². The molecule has 3 aliphatic rings. The number of rotatable bonds is 4. The van der Waals surface area contributed by atoms with E-state index in [1.165, 1.54) is 16.8 Å². The average Bonchev–Trinajstić information content (AvgIpc) is 3.11. The molecule has 4 amide bonds. The second-order valence-corrected chi connectivity index (χ2v) is 7.86. The number of imide groups is 1. The molecule has 3 heterocycles. The molecule has 0 spiro atoms. The van der Waals surface area contributed by atoms with E-state index in [0.29, 0.717) is 0 Å². The van der Waals surface area contributed by atoms with Crippen LogP contribution in [0.3, 0.4) is 0 Å². The molecule has 0 radical (unpaired) electrons. The lowest BCUT2D eigenvalue weighted by Gasteiger charge is -2.46. The zero-order valence-electron chi connectivity index (χ0n) is 16.3. The van der Waals surface area contributed by atoms with Crippen LogP contribution in [0.4, 0.5) is 0 Å². The minimum absolute atomic E-state index is 0.00782. The first-order valence-corrected chi connectivity index (χ1v) is 9.59. The van der Waals surface area contributed by atoms with Gasteiger partial charge in [0.25, 0.3) is 0 Å². The fourth-order valence-electron chi connectivity index (χ4n) is 4.96. The Bertz CT molecular complexity index is 914. The van der Waals surface area contributed by atoms with Crippen molar-refractivity contribution in [3.63, 3.8) is 0 Å². The molecule has 0 bridgehead atoms. The molecule has 3 saturated heterocycles. The van der Waals surface area contributed by atoms with E-state index in [4.69, 9.17) is 0 Å². The molecule has 4 rings (SSSR count). The van der Waals surface area contributed by atoms with E-state index in [-0.39, 0.29) is 31.5 Å². The van der Waals surface area contributed by atoms with Gasteiger partial charge in [-0.2, -0.15) is 0 Å². The number of nitrogens with zero attached hydrogens (tertiary/aromatic N) is 3. The molecule has 4 atom stereocenters. The van der Waals surface area contributed by atoms with Crippen molar-refractivity contribution in [2.24, 2.45) is 11.8 Å². The summed E-state index contributed by atoms with van der Waals surface area (Å²) in [6, 6.07) is 8.73. The van der Waals surface area contributed by atoms with Crippen LogP contribution in [-0.4, -0.2) is 81.8 Å². The first-order valence-electron chi connectivity index (χ1n) is 9.59. The van der Waals surface area contributed by atoms with Gasteiger partial charge in [0.15, 0.2) is 0 Å². The standard InChI is InChI=1S/C21H23N3O5/c1-21-17-16(18(27)22(2)19(17)28)14(9-8-13-6-4-3-5-7-13)24(21)15(26)12-23(10-11-25)20(21)29/h3-9,14,16-17,25H,10-12H2,1-2H3/b9-8+/t14-,16+,17-,21-/m1/s1. The molecule has 152 valence electrons. The largest absolute Gasteiger partial charge is 0.395 e. The number of likely N-dealkylation sites (tertiary alicyclic amines) is 1. The molecule has 1 N–H and O–H groups in total. The van der Waals surface area contributed by atoms with E-state index in [0.717, 1.165) is 10.5 Å². The SMILES string of the molecule is CN1C(=O)[C@H]2[C@@H](/C=C/c3ccccc3)N3C(=O)CN(CCO)C(=O)[C@@]3(C)[C@H]2C1=O. The van der Waals surface area contributed by atoms with E-state index in [9.17, 15) is 24.3 Å². The maximum absolute atomic E-state index is 13.3. The van der Waals surface area contributed by atoms with Gasteiger partial charge in [0.05, 0.1) is 31.0 Å². The van der Waals surface area contributed by atoms with E-state index in [1.54, 1.807) is 19.1 Å². The monoisotopic (exact) mass is 397 g/mol. The van der Waals surface area contributed by atoms with E-state index in [1.807, 2.05) is 30.3 Å². The number of benzene rings is 1. The summed E-state index contributed by atoms with van der Waals surface area (Å²) >= 11 is 0. The van der Waals surface area contributed by atoms with Crippen LogP contribution in [0, 0.1) is 11.8 Å². The Hall–Kier alpha value is -3.00. The molecule has 0 saturated carbocycles. The Kier molecular flexibility index (Phi) is 4.53. The number of aliphatic hydroxyl groups is 1. The number of fused-ring (bicyclic) bond motifs is 3. The summed E-state index contributed by atoms with van der Waals surface area (Å²) < 4.78 is 0. The van der Waals surface area contributed by atoms with Crippen LogP contribution >= 0.6 is 0 Å². The number of hydrogen-bond donors (Lipinski definition) is 1. The Labute approximate surface area is 168 Å². The predicted molar refractivity (Wildman–Crippen MR) is 103 cm³/mol. The van der Waals surface area contributed by atoms with Gasteiger partial charge in [0, 0.05) is 13.6 Å². The van der Waals surface area contributed by atoms with E-state index in [2.05, 4.69) is 0 Å². The van der Waals surface area contributed by atoms with Crippen LogP contribution in [0.15, 0.2) is 36.4 Å². The second-order valence-electron chi connectivity index (χ2n) is 7.86. The Morgan fingerprint density at radius 2 is 1.83 bits per heavy atom. The van der Waals surface area contributed by atoms with Crippen LogP contribution in [0.2, 0.25) is 0 Å². The first kappa shape index (κ1) is 19.3. The van der Waals surface area contributed by atoms with Crippen molar-refractivity contribution in [1.29, 1.82) is 0 Å². The highest BCUT2D eigenvalue weighted by Gasteiger charge is 2.71. The van der Waals surface area contributed by atoms with Crippen molar-refractivity contribution in [3.05, 3.63) is 42.0 Å². The van der Waals surface area contributed by atoms with Gasteiger partial charge < -0.3 is 14.9 Å². The molecule has 8 heteroatoms. The van der Waals surface area contributed by atoms with Gasteiger partial charge in [-0.15, -0.1) is 0 Å². The highest BCUT2D eigenvalue weighted by atomic mass is 16.3. The maximum atomic E-state index is 13.3. The minimum atomic E-state index is -1.46. The molecule has 0 aromatic heterocycles. The van der Waals surface area contributed by atoms with Crippen molar-refractivity contribution >= 4 is 29.7 Å². The van der Waals surface area contributed by atoms with Crippen molar-refractivity contribution < 1.29 is 24.3 Å². The van der Waals surface area contributed by atoms with Gasteiger partial charge in [-0.1, -0.05) is 42.5 Å². The zero-order chi connectivity index (χ0) is 20.9. The number of aliphatic hydroxyl groups excluding tert-OH is 1. The Balaban J connectivity index is 1.81. The van der Waals surface area contributed by atoms with E-state index >= 15 is 0 Å². The fourth-order valence-corrected chi connectivity index (χ4v) is 4.96. The second kappa shape index (κ2) is 6.81. The summed E-state index contributed by atoms with van der Waals surface area (Å²) in [7, 11) is 1.41.